The summed E-state index contributed by atoms with van der Waals surface area (Å²) in [6.07, 6.45) is 1.49. The first-order chi connectivity index (χ1) is 9.31. The standard InChI is InChI=1S/C12H11Cl2N3O2S/c1-7-4-5-16-12(14)11(7)17-20(18,19)10-6-8(15)2-3-9(10)13/h2-6,17H,15H2,1H3. The van der Waals surface area contributed by atoms with Gasteiger partial charge in [-0.25, -0.2) is 13.4 Å². The SMILES string of the molecule is Cc1ccnc(Cl)c1NS(=O)(=O)c1cc(N)ccc1Cl. The van der Waals surface area contributed by atoms with Gasteiger partial charge < -0.3 is 5.73 Å². The van der Waals surface area contributed by atoms with Crippen LogP contribution in [-0.4, -0.2) is 13.4 Å². The second kappa shape index (κ2) is 5.47. The number of aryl methyl sites for hydroxylation is 1. The number of anilines is 2. The number of nitrogens with one attached hydrogen (secondary N) is 1. The Bertz CT molecular complexity index is 743. The number of aromatic nitrogens is 1. The Morgan fingerprint density at radius 3 is 2.60 bits per heavy atom. The molecule has 1 aromatic heterocycles. The normalized spacial score (nSPS) is 11.3. The quantitative estimate of drug-likeness (QED) is 0.668. The summed E-state index contributed by atoms with van der Waals surface area (Å²) >= 11 is 11.8. The lowest BCUT2D eigenvalue weighted by molar-refractivity contribution is 0.601. The molecule has 1 heterocycles. The van der Waals surface area contributed by atoms with E-state index in [1.165, 1.54) is 24.4 Å². The van der Waals surface area contributed by atoms with Gasteiger partial charge in [0, 0.05) is 11.9 Å². The van der Waals surface area contributed by atoms with Crippen LogP contribution >= 0.6 is 23.2 Å². The Morgan fingerprint density at radius 1 is 1.25 bits per heavy atom. The molecule has 8 heteroatoms. The van der Waals surface area contributed by atoms with Crippen LogP contribution in [0.25, 0.3) is 0 Å². The molecule has 2 aromatic rings. The number of sulfonamides is 1. The molecule has 0 atom stereocenters. The molecule has 0 amide bonds. The highest BCUT2D eigenvalue weighted by Gasteiger charge is 2.20. The van der Waals surface area contributed by atoms with E-state index in [2.05, 4.69) is 9.71 Å². The van der Waals surface area contributed by atoms with Gasteiger partial charge in [-0.3, -0.25) is 4.72 Å². The van der Waals surface area contributed by atoms with E-state index in [1.54, 1.807) is 13.0 Å². The van der Waals surface area contributed by atoms with Gasteiger partial charge in [0.25, 0.3) is 10.0 Å². The molecule has 0 fully saturated rings. The molecule has 1 aromatic carbocycles. The smallest absolute Gasteiger partial charge is 0.263 e. The molecule has 0 bridgehead atoms. The first-order valence-corrected chi connectivity index (χ1v) is 7.74. The molecule has 0 aliphatic heterocycles. The zero-order valence-corrected chi connectivity index (χ0v) is 12.7. The number of pyridine rings is 1. The third kappa shape index (κ3) is 2.98. The summed E-state index contributed by atoms with van der Waals surface area (Å²) in [5.74, 6) is 0. The number of hydrogen-bond acceptors (Lipinski definition) is 4. The van der Waals surface area contributed by atoms with E-state index >= 15 is 0 Å². The minimum atomic E-state index is -3.90. The summed E-state index contributed by atoms with van der Waals surface area (Å²) in [7, 11) is -3.90. The Hall–Kier alpha value is -1.50. The number of halogens is 2. The van der Waals surface area contributed by atoms with Crippen molar-refractivity contribution < 1.29 is 8.42 Å². The van der Waals surface area contributed by atoms with Crippen molar-refractivity contribution in [3.63, 3.8) is 0 Å². The molecule has 0 aliphatic rings. The minimum Gasteiger partial charge on any atom is -0.399 e. The summed E-state index contributed by atoms with van der Waals surface area (Å²) in [6.45, 7) is 1.71. The molecule has 3 N–H and O–H groups in total. The summed E-state index contributed by atoms with van der Waals surface area (Å²) in [5, 5.41) is 0.137. The van der Waals surface area contributed by atoms with Crippen LogP contribution in [0.4, 0.5) is 11.4 Å². The fraction of sp³-hybridized carbons (Fsp3) is 0.0833. The van der Waals surface area contributed by atoms with Gasteiger partial charge >= 0.3 is 0 Å². The summed E-state index contributed by atoms with van der Waals surface area (Å²) in [5.41, 5.74) is 6.75. The van der Waals surface area contributed by atoms with Crippen molar-refractivity contribution in [1.82, 2.24) is 4.98 Å². The molecule has 20 heavy (non-hydrogen) atoms. The van der Waals surface area contributed by atoms with Gasteiger partial charge in [0.1, 0.15) is 4.90 Å². The number of nitrogen functional groups attached to an aromatic ring is 1. The molecule has 0 saturated heterocycles. The van der Waals surface area contributed by atoms with Gasteiger partial charge in [0.05, 0.1) is 10.7 Å². The van der Waals surface area contributed by atoms with Crippen molar-refractivity contribution in [3.8, 4) is 0 Å². The molecule has 0 spiro atoms. The van der Waals surface area contributed by atoms with Crippen LogP contribution in [0.1, 0.15) is 5.56 Å². The largest absolute Gasteiger partial charge is 0.399 e. The number of hydrogen-bond donors (Lipinski definition) is 2. The molecule has 0 unspecified atom stereocenters. The molecular formula is C12H11Cl2N3O2S. The van der Waals surface area contributed by atoms with E-state index in [-0.39, 0.29) is 20.8 Å². The Morgan fingerprint density at radius 2 is 1.95 bits per heavy atom. The average molecular weight is 332 g/mol. The van der Waals surface area contributed by atoms with Crippen molar-refractivity contribution in [2.75, 3.05) is 10.5 Å². The number of nitrogens with zero attached hydrogens (tertiary/aromatic N) is 1. The van der Waals surface area contributed by atoms with Gasteiger partial charge in [-0.1, -0.05) is 23.2 Å². The first-order valence-electron chi connectivity index (χ1n) is 5.50. The van der Waals surface area contributed by atoms with Crippen molar-refractivity contribution in [1.29, 1.82) is 0 Å². The van der Waals surface area contributed by atoms with E-state index in [0.717, 1.165) is 0 Å². The molecule has 0 radical (unpaired) electrons. The van der Waals surface area contributed by atoms with Crippen LogP contribution in [0.15, 0.2) is 35.4 Å². The Balaban J connectivity index is 2.49. The Kier molecular flexibility index (Phi) is 4.08. The highest BCUT2D eigenvalue weighted by Crippen LogP contribution is 2.29. The molecule has 5 nitrogen and oxygen atoms in total. The summed E-state index contributed by atoms with van der Waals surface area (Å²) in [4.78, 5) is 3.73. The van der Waals surface area contributed by atoms with E-state index in [0.29, 0.717) is 11.3 Å². The fourth-order valence-corrected chi connectivity index (χ4v) is 3.55. The van der Waals surface area contributed by atoms with E-state index in [4.69, 9.17) is 28.9 Å². The maximum atomic E-state index is 12.3. The van der Waals surface area contributed by atoms with Gasteiger partial charge in [0.2, 0.25) is 0 Å². The molecule has 0 saturated carbocycles. The highest BCUT2D eigenvalue weighted by atomic mass is 35.5. The lowest BCUT2D eigenvalue weighted by Gasteiger charge is -2.12. The van der Waals surface area contributed by atoms with E-state index in [1.807, 2.05) is 0 Å². The number of nitrogens with two attached hydrogens (primary N) is 1. The zero-order valence-electron chi connectivity index (χ0n) is 10.4. The molecule has 0 aliphatic carbocycles. The van der Waals surface area contributed by atoms with Gasteiger partial charge in [-0.2, -0.15) is 0 Å². The maximum Gasteiger partial charge on any atom is 0.263 e. The lowest BCUT2D eigenvalue weighted by Crippen LogP contribution is -2.15. The first kappa shape index (κ1) is 14.9. The van der Waals surface area contributed by atoms with Crippen molar-refractivity contribution in [2.45, 2.75) is 11.8 Å². The molecular weight excluding hydrogens is 321 g/mol. The second-order valence-corrected chi connectivity index (χ2v) is 6.51. The van der Waals surface area contributed by atoms with Crippen LogP contribution in [0.5, 0.6) is 0 Å². The van der Waals surface area contributed by atoms with Gasteiger partial charge in [-0.05, 0) is 36.8 Å². The van der Waals surface area contributed by atoms with Crippen LogP contribution in [0.3, 0.4) is 0 Å². The minimum absolute atomic E-state index is 0.0635. The number of benzene rings is 1. The summed E-state index contributed by atoms with van der Waals surface area (Å²) < 4.78 is 27.1. The van der Waals surface area contributed by atoms with Crippen molar-refractivity contribution in [2.24, 2.45) is 0 Å². The summed E-state index contributed by atoms with van der Waals surface area (Å²) in [6, 6.07) is 5.86. The van der Waals surface area contributed by atoms with Crippen LogP contribution in [0, 0.1) is 6.92 Å². The van der Waals surface area contributed by atoms with Crippen molar-refractivity contribution in [3.05, 3.63) is 46.2 Å². The number of rotatable bonds is 3. The van der Waals surface area contributed by atoms with E-state index in [9.17, 15) is 8.42 Å². The van der Waals surface area contributed by atoms with Crippen LogP contribution < -0.4 is 10.5 Å². The monoisotopic (exact) mass is 331 g/mol. The maximum absolute atomic E-state index is 12.3. The predicted octanol–water partition coefficient (Wildman–Crippen LogP) is 3.08. The second-order valence-electron chi connectivity index (χ2n) is 4.09. The van der Waals surface area contributed by atoms with Gasteiger partial charge in [-0.15, -0.1) is 0 Å². The zero-order chi connectivity index (χ0) is 14.9. The molecule has 106 valence electrons. The predicted molar refractivity (Wildman–Crippen MR) is 80.7 cm³/mol. The van der Waals surface area contributed by atoms with Gasteiger partial charge in [0.15, 0.2) is 5.15 Å². The topological polar surface area (TPSA) is 85.1 Å². The lowest BCUT2D eigenvalue weighted by atomic mass is 10.3. The molecule has 2 rings (SSSR count). The third-order valence-corrected chi connectivity index (χ3v) is 4.71. The van der Waals surface area contributed by atoms with E-state index < -0.39 is 10.0 Å². The van der Waals surface area contributed by atoms with Crippen LogP contribution in [-0.2, 0) is 10.0 Å². The highest BCUT2D eigenvalue weighted by molar-refractivity contribution is 7.92. The average Bonchev–Trinajstić information content (AvgIpc) is 2.37. The third-order valence-electron chi connectivity index (χ3n) is 2.59. The van der Waals surface area contributed by atoms with Crippen molar-refractivity contribution >= 4 is 44.6 Å². The fourth-order valence-electron chi connectivity index (χ4n) is 1.56. The Labute approximate surface area is 126 Å². The van der Waals surface area contributed by atoms with Crippen LogP contribution in [0.2, 0.25) is 10.2 Å².